The Balaban J connectivity index is 2.35. The number of sulfonamides is 1. The van der Waals surface area contributed by atoms with E-state index in [1.54, 1.807) is 6.07 Å². The molecule has 0 radical (unpaired) electrons. The Morgan fingerprint density at radius 3 is 2.40 bits per heavy atom. The van der Waals surface area contributed by atoms with Crippen LogP contribution in [0.4, 0.5) is 15.8 Å². The minimum absolute atomic E-state index is 0.0437. The smallest absolute Gasteiger partial charge is 0.262 e. The van der Waals surface area contributed by atoms with E-state index < -0.39 is 15.8 Å². The Kier molecular flexibility index (Phi) is 3.80. The standard InChI is InChI=1S/C13H13FN2O3S/c1-19-13-8-10(15)4-7-12(13)16-20(17,18)11-5-2-9(14)3-6-11/h2-8,16H,15H2,1H3. The Labute approximate surface area is 116 Å². The topological polar surface area (TPSA) is 81.4 Å². The number of benzene rings is 2. The molecule has 0 aliphatic rings. The zero-order valence-electron chi connectivity index (χ0n) is 10.6. The van der Waals surface area contributed by atoms with E-state index in [0.717, 1.165) is 12.1 Å². The second kappa shape index (κ2) is 5.38. The first-order valence-corrected chi connectivity index (χ1v) is 7.12. The van der Waals surface area contributed by atoms with Gasteiger partial charge in [0.1, 0.15) is 11.6 Å². The zero-order valence-corrected chi connectivity index (χ0v) is 11.4. The third kappa shape index (κ3) is 3.00. The van der Waals surface area contributed by atoms with Crippen molar-refractivity contribution in [3.8, 4) is 5.75 Å². The first kappa shape index (κ1) is 14.1. The molecule has 0 amide bonds. The molecule has 0 saturated heterocycles. The summed E-state index contributed by atoms with van der Waals surface area (Å²) >= 11 is 0. The molecule has 0 unspecified atom stereocenters. The van der Waals surface area contributed by atoms with Crippen LogP contribution in [-0.2, 0) is 10.0 Å². The fourth-order valence-electron chi connectivity index (χ4n) is 1.61. The van der Waals surface area contributed by atoms with E-state index in [-0.39, 0.29) is 10.6 Å². The Morgan fingerprint density at radius 1 is 1.15 bits per heavy atom. The third-order valence-electron chi connectivity index (χ3n) is 2.59. The lowest BCUT2D eigenvalue weighted by molar-refractivity contribution is 0.417. The van der Waals surface area contributed by atoms with Gasteiger partial charge in [0.25, 0.3) is 10.0 Å². The van der Waals surface area contributed by atoms with Crippen molar-refractivity contribution in [1.29, 1.82) is 0 Å². The SMILES string of the molecule is COc1cc(N)ccc1NS(=O)(=O)c1ccc(F)cc1. The van der Waals surface area contributed by atoms with Gasteiger partial charge in [0, 0.05) is 11.8 Å². The molecule has 0 spiro atoms. The number of anilines is 2. The molecule has 0 saturated carbocycles. The van der Waals surface area contributed by atoms with E-state index >= 15 is 0 Å². The number of nitrogen functional groups attached to an aromatic ring is 1. The molecular formula is C13H13FN2O3S. The van der Waals surface area contributed by atoms with Crippen LogP contribution in [0, 0.1) is 5.82 Å². The second-order valence-electron chi connectivity index (χ2n) is 4.02. The number of nitrogens with two attached hydrogens (primary N) is 1. The van der Waals surface area contributed by atoms with Crippen molar-refractivity contribution in [3.05, 3.63) is 48.3 Å². The summed E-state index contributed by atoms with van der Waals surface area (Å²) in [6.45, 7) is 0. The molecular weight excluding hydrogens is 283 g/mol. The van der Waals surface area contributed by atoms with E-state index in [2.05, 4.69) is 4.72 Å². The summed E-state index contributed by atoms with van der Waals surface area (Å²) in [6.07, 6.45) is 0. The van der Waals surface area contributed by atoms with Crippen molar-refractivity contribution < 1.29 is 17.5 Å². The molecule has 0 heterocycles. The van der Waals surface area contributed by atoms with Gasteiger partial charge in [-0.25, -0.2) is 12.8 Å². The van der Waals surface area contributed by atoms with Crippen LogP contribution in [0.2, 0.25) is 0 Å². The van der Waals surface area contributed by atoms with Crippen LogP contribution in [0.5, 0.6) is 5.75 Å². The van der Waals surface area contributed by atoms with Gasteiger partial charge in [-0.05, 0) is 36.4 Å². The molecule has 3 N–H and O–H groups in total. The molecule has 2 rings (SSSR count). The molecule has 0 fully saturated rings. The number of methoxy groups -OCH3 is 1. The van der Waals surface area contributed by atoms with Gasteiger partial charge in [-0.2, -0.15) is 0 Å². The van der Waals surface area contributed by atoms with Gasteiger partial charge in [-0.15, -0.1) is 0 Å². The van der Waals surface area contributed by atoms with E-state index in [1.165, 1.54) is 31.4 Å². The van der Waals surface area contributed by atoms with Gasteiger partial charge < -0.3 is 10.5 Å². The van der Waals surface area contributed by atoms with Gasteiger partial charge in [-0.3, -0.25) is 4.72 Å². The van der Waals surface area contributed by atoms with Crippen LogP contribution < -0.4 is 15.2 Å². The van der Waals surface area contributed by atoms with Crippen molar-refractivity contribution in [2.45, 2.75) is 4.90 Å². The van der Waals surface area contributed by atoms with Crippen LogP contribution in [-0.4, -0.2) is 15.5 Å². The Morgan fingerprint density at radius 2 is 1.80 bits per heavy atom. The fraction of sp³-hybridized carbons (Fsp3) is 0.0769. The molecule has 5 nitrogen and oxygen atoms in total. The average molecular weight is 296 g/mol. The van der Waals surface area contributed by atoms with Gasteiger partial charge in [0.2, 0.25) is 0 Å². The first-order chi connectivity index (χ1) is 9.42. The van der Waals surface area contributed by atoms with Crippen LogP contribution in [0.3, 0.4) is 0 Å². The maximum absolute atomic E-state index is 12.8. The van der Waals surface area contributed by atoms with Crippen LogP contribution in [0.25, 0.3) is 0 Å². The lowest BCUT2D eigenvalue weighted by Gasteiger charge is -2.12. The van der Waals surface area contributed by atoms with Crippen molar-refractivity contribution in [3.63, 3.8) is 0 Å². The largest absolute Gasteiger partial charge is 0.494 e. The third-order valence-corrected chi connectivity index (χ3v) is 3.98. The van der Waals surface area contributed by atoms with Crippen molar-refractivity contribution >= 4 is 21.4 Å². The minimum Gasteiger partial charge on any atom is -0.494 e. The highest BCUT2D eigenvalue weighted by Crippen LogP contribution is 2.28. The average Bonchev–Trinajstić information content (AvgIpc) is 2.41. The van der Waals surface area contributed by atoms with Crippen molar-refractivity contribution in [1.82, 2.24) is 0 Å². The zero-order chi connectivity index (χ0) is 14.8. The number of hydrogen-bond donors (Lipinski definition) is 2. The number of rotatable bonds is 4. The maximum Gasteiger partial charge on any atom is 0.262 e. The highest BCUT2D eigenvalue weighted by molar-refractivity contribution is 7.92. The molecule has 0 bridgehead atoms. The molecule has 2 aromatic rings. The molecule has 0 aliphatic heterocycles. The summed E-state index contributed by atoms with van der Waals surface area (Å²) in [4.78, 5) is -0.0437. The molecule has 7 heteroatoms. The quantitative estimate of drug-likeness (QED) is 0.848. The summed E-state index contributed by atoms with van der Waals surface area (Å²) in [5.74, 6) is -0.204. The summed E-state index contributed by atoms with van der Waals surface area (Å²) in [5, 5.41) is 0. The minimum atomic E-state index is -3.81. The number of hydrogen-bond acceptors (Lipinski definition) is 4. The van der Waals surface area contributed by atoms with Gasteiger partial charge >= 0.3 is 0 Å². The first-order valence-electron chi connectivity index (χ1n) is 5.64. The van der Waals surface area contributed by atoms with E-state index in [9.17, 15) is 12.8 Å². The van der Waals surface area contributed by atoms with E-state index in [1.807, 2.05) is 0 Å². The molecule has 0 aliphatic carbocycles. The van der Waals surface area contributed by atoms with Crippen molar-refractivity contribution in [2.24, 2.45) is 0 Å². The molecule has 20 heavy (non-hydrogen) atoms. The summed E-state index contributed by atoms with van der Waals surface area (Å²) in [7, 11) is -2.41. The Bertz CT molecular complexity index is 715. The van der Waals surface area contributed by atoms with E-state index in [0.29, 0.717) is 11.4 Å². The van der Waals surface area contributed by atoms with Crippen molar-refractivity contribution in [2.75, 3.05) is 17.6 Å². The Hall–Kier alpha value is -2.28. The van der Waals surface area contributed by atoms with Gasteiger partial charge in [-0.1, -0.05) is 0 Å². The number of nitrogens with one attached hydrogen (secondary N) is 1. The maximum atomic E-state index is 12.8. The molecule has 2 aromatic carbocycles. The summed E-state index contributed by atoms with van der Waals surface area (Å²) < 4.78 is 44.5. The lowest BCUT2D eigenvalue weighted by atomic mass is 10.2. The predicted octanol–water partition coefficient (Wildman–Crippen LogP) is 2.22. The van der Waals surface area contributed by atoms with Crippen LogP contribution in [0.1, 0.15) is 0 Å². The highest BCUT2D eigenvalue weighted by Gasteiger charge is 2.16. The molecule has 106 valence electrons. The summed E-state index contributed by atoms with van der Waals surface area (Å²) in [6, 6.07) is 9.06. The number of halogens is 1. The molecule has 0 aromatic heterocycles. The number of ether oxygens (including phenoxy) is 1. The normalized spacial score (nSPS) is 11.1. The van der Waals surface area contributed by atoms with E-state index in [4.69, 9.17) is 10.5 Å². The monoisotopic (exact) mass is 296 g/mol. The van der Waals surface area contributed by atoms with Gasteiger partial charge in [0.15, 0.2) is 0 Å². The highest BCUT2D eigenvalue weighted by atomic mass is 32.2. The van der Waals surface area contributed by atoms with Crippen LogP contribution in [0.15, 0.2) is 47.4 Å². The lowest BCUT2D eigenvalue weighted by Crippen LogP contribution is -2.13. The molecule has 0 atom stereocenters. The predicted molar refractivity (Wildman–Crippen MR) is 74.6 cm³/mol. The fourth-order valence-corrected chi connectivity index (χ4v) is 2.68. The van der Waals surface area contributed by atoms with Gasteiger partial charge in [0.05, 0.1) is 17.7 Å². The van der Waals surface area contributed by atoms with Crippen LogP contribution >= 0.6 is 0 Å². The summed E-state index contributed by atoms with van der Waals surface area (Å²) in [5.41, 5.74) is 6.30. The second-order valence-corrected chi connectivity index (χ2v) is 5.70.